The second kappa shape index (κ2) is 9.37. The fourth-order valence-electron chi connectivity index (χ4n) is 3.16. The SMILES string of the molecule is COc1ccc(CCC(=O)NCC2CN(c3cccc(C)c3)C(=O)CO2)cc1. The molecule has 0 bridgehead atoms. The monoisotopic (exact) mass is 382 g/mol. The molecule has 0 spiro atoms. The molecule has 0 aromatic heterocycles. The maximum Gasteiger partial charge on any atom is 0.253 e. The Hall–Kier alpha value is -2.86. The standard InChI is InChI=1S/C22H26N2O4/c1-16-4-3-5-18(12-16)24-14-20(28-15-22(24)26)13-23-21(25)11-8-17-6-9-19(27-2)10-7-17/h3-7,9-10,12,20H,8,11,13-15H2,1-2H3,(H,23,25). The van der Waals surface area contributed by atoms with E-state index in [9.17, 15) is 9.59 Å². The van der Waals surface area contributed by atoms with E-state index in [0.29, 0.717) is 25.9 Å². The lowest BCUT2D eigenvalue weighted by molar-refractivity contribution is -0.129. The van der Waals surface area contributed by atoms with Gasteiger partial charge < -0.3 is 19.7 Å². The average molecular weight is 382 g/mol. The van der Waals surface area contributed by atoms with Crippen molar-refractivity contribution in [2.75, 3.05) is 31.7 Å². The predicted octanol–water partition coefficient (Wildman–Crippen LogP) is 2.48. The number of aryl methyl sites for hydroxylation is 2. The molecule has 1 unspecified atom stereocenters. The molecule has 28 heavy (non-hydrogen) atoms. The number of nitrogens with zero attached hydrogens (tertiary/aromatic N) is 1. The van der Waals surface area contributed by atoms with Gasteiger partial charge in [0.05, 0.1) is 19.8 Å². The minimum atomic E-state index is -0.219. The van der Waals surface area contributed by atoms with E-state index < -0.39 is 0 Å². The van der Waals surface area contributed by atoms with Gasteiger partial charge in [-0.2, -0.15) is 0 Å². The number of carbonyl (C=O) groups excluding carboxylic acids is 2. The van der Waals surface area contributed by atoms with Crippen molar-refractivity contribution in [3.63, 3.8) is 0 Å². The first-order chi connectivity index (χ1) is 13.5. The summed E-state index contributed by atoms with van der Waals surface area (Å²) in [5.41, 5.74) is 3.05. The van der Waals surface area contributed by atoms with Crippen molar-refractivity contribution in [3.05, 3.63) is 59.7 Å². The molecule has 6 heteroatoms. The van der Waals surface area contributed by atoms with Crippen molar-refractivity contribution < 1.29 is 19.1 Å². The number of nitrogens with one attached hydrogen (secondary N) is 1. The van der Waals surface area contributed by atoms with Gasteiger partial charge in [0.25, 0.3) is 5.91 Å². The van der Waals surface area contributed by atoms with Gasteiger partial charge in [-0.3, -0.25) is 9.59 Å². The second-order valence-corrected chi connectivity index (χ2v) is 6.93. The molecule has 1 fully saturated rings. The summed E-state index contributed by atoms with van der Waals surface area (Å²) in [4.78, 5) is 26.1. The molecule has 2 aromatic rings. The first kappa shape index (κ1) is 19.9. The van der Waals surface area contributed by atoms with Crippen molar-refractivity contribution in [2.45, 2.75) is 25.9 Å². The van der Waals surface area contributed by atoms with Crippen LogP contribution in [0.5, 0.6) is 5.75 Å². The summed E-state index contributed by atoms with van der Waals surface area (Å²) in [7, 11) is 1.63. The Kier molecular flexibility index (Phi) is 6.66. The number of morpholine rings is 1. The second-order valence-electron chi connectivity index (χ2n) is 6.93. The van der Waals surface area contributed by atoms with Crippen LogP contribution in [0.15, 0.2) is 48.5 Å². The largest absolute Gasteiger partial charge is 0.497 e. The number of hydrogen-bond acceptors (Lipinski definition) is 4. The Morgan fingerprint density at radius 1 is 1.25 bits per heavy atom. The third kappa shape index (κ3) is 5.33. The molecule has 0 aliphatic carbocycles. The fourth-order valence-corrected chi connectivity index (χ4v) is 3.16. The molecular weight excluding hydrogens is 356 g/mol. The van der Waals surface area contributed by atoms with Gasteiger partial charge in [0.15, 0.2) is 0 Å². The van der Waals surface area contributed by atoms with E-state index in [-0.39, 0.29) is 24.5 Å². The van der Waals surface area contributed by atoms with Gasteiger partial charge in [-0.05, 0) is 48.7 Å². The van der Waals surface area contributed by atoms with Crippen molar-refractivity contribution in [1.82, 2.24) is 5.32 Å². The zero-order chi connectivity index (χ0) is 19.9. The van der Waals surface area contributed by atoms with E-state index in [2.05, 4.69) is 5.32 Å². The van der Waals surface area contributed by atoms with E-state index in [1.165, 1.54) is 0 Å². The van der Waals surface area contributed by atoms with Gasteiger partial charge in [-0.25, -0.2) is 0 Å². The van der Waals surface area contributed by atoms with Gasteiger partial charge in [-0.15, -0.1) is 0 Å². The number of methoxy groups -OCH3 is 1. The molecule has 148 valence electrons. The van der Waals surface area contributed by atoms with E-state index in [1.807, 2.05) is 55.5 Å². The van der Waals surface area contributed by atoms with Crippen LogP contribution in [0.3, 0.4) is 0 Å². The highest BCUT2D eigenvalue weighted by atomic mass is 16.5. The molecule has 3 rings (SSSR count). The zero-order valence-electron chi connectivity index (χ0n) is 16.3. The van der Waals surface area contributed by atoms with Crippen LogP contribution in [0.2, 0.25) is 0 Å². The van der Waals surface area contributed by atoms with Crippen LogP contribution >= 0.6 is 0 Å². The molecule has 1 aliphatic rings. The summed E-state index contributed by atoms with van der Waals surface area (Å²) in [6.07, 6.45) is 0.845. The molecule has 1 aliphatic heterocycles. The van der Waals surface area contributed by atoms with Crippen LogP contribution in [-0.4, -0.2) is 44.7 Å². The fraction of sp³-hybridized carbons (Fsp3) is 0.364. The summed E-state index contributed by atoms with van der Waals surface area (Å²) >= 11 is 0. The lowest BCUT2D eigenvalue weighted by atomic mass is 10.1. The van der Waals surface area contributed by atoms with Gasteiger partial charge >= 0.3 is 0 Å². The highest BCUT2D eigenvalue weighted by molar-refractivity contribution is 5.95. The highest BCUT2D eigenvalue weighted by Crippen LogP contribution is 2.19. The van der Waals surface area contributed by atoms with Gasteiger partial charge in [-0.1, -0.05) is 24.3 Å². The minimum absolute atomic E-state index is 0.0281. The molecule has 1 N–H and O–H groups in total. The quantitative estimate of drug-likeness (QED) is 0.799. The zero-order valence-corrected chi connectivity index (χ0v) is 16.3. The van der Waals surface area contributed by atoms with E-state index >= 15 is 0 Å². The van der Waals surface area contributed by atoms with E-state index in [1.54, 1.807) is 12.0 Å². The lowest BCUT2D eigenvalue weighted by Crippen LogP contribution is -2.50. The molecule has 6 nitrogen and oxygen atoms in total. The Morgan fingerprint density at radius 3 is 2.75 bits per heavy atom. The molecule has 0 radical (unpaired) electrons. The smallest absolute Gasteiger partial charge is 0.253 e. The molecule has 2 amide bonds. The maximum atomic E-state index is 12.2. The molecule has 1 heterocycles. The molecule has 1 saturated heterocycles. The summed E-state index contributed by atoms with van der Waals surface area (Å²) < 4.78 is 10.7. The Balaban J connectivity index is 1.47. The Bertz CT molecular complexity index is 820. The van der Waals surface area contributed by atoms with Crippen molar-refractivity contribution in [3.8, 4) is 5.75 Å². The van der Waals surface area contributed by atoms with Crippen LogP contribution in [0, 0.1) is 6.92 Å². The normalized spacial score (nSPS) is 16.7. The van der Waals surface area contributed by atoms with E-state index in [4.69, 9.17) is 9.47 Å². The molecular formula is C22H26N2O4. The maximum absolute atomic E-state index is 12.2. The summed E-state index contributed by atoms with van der Waals surface area (Å²) in [5, 5.41) is 2.92. The van der Waals surface area contributed by atoms with Crippen LogP contribution in [-0.2, 0) is 20.7 Å². The molecule has 1 atom stereocenters. The Labute approximate surface area is 165 Å². The molecule has 0 saturated carbocycles. The van der Waals surface area contributed by atoms with Gasteiger partial charge in [0.1, 0.15) is 12.4 Å². The third-order valence-corrected chi connectivity index (χ3v) is 4.77. The van der Waals surface area contributed by atoms with Gasteiger partial charge in [0, 0.05) is 18.7 Å². The highest BCUT2D eigenvalue weighted by Gasteiger charge is 2.27. The average Bonchev–Trinajstić information content (AvgIpc) is 2.72. The van der Waals surface area contributed by atoms with Crippen molar-refractivity contribution in [1.29, 1.82) is 0 Å². The van der Waals surface area contributed by atoms with Crippen LogP contribution in [0.1, 0.15) is 17.5 Å². The van der Waals surface area contributed by atoms with Crippen molar-refractivity contribution in [2.24, 2.45) is 0 Å². The number of rotatable bonds is 7. The lowest BCUT2D eigenvalue weighted by Gasteiger charge is -2.33. The first-order valence-corrected chi connectivity index (χ1v) is 9.43. The predicted molar refractivity (Wildman–Crippen MR) is 108 cm³/mol. The number of amides is 2. The number of hydrogen-bond donors (Lipinski definition) is 1. The summed E-state index contributed by atoms with van der Waals surface area (Å²) in [6, 6.07) is 15.5. The summed E-state index contributed by atoms with van der Waals surface area (Å²) in [6.45, 7) is 2.84. The number of anilines is 1. The number of carbonyl (C=O) groups is 2. The molecule has 2 aromatic carbocycles. The number of benzene rings is 2. The van der Waals surface area contributed by atoms with Gasteiger partial charge in [0.2, 0.25) is 5.91 Å². The minimum Gasteiger partial charge on any atom is -0.497 e. The van der Waals surface area contributed by atoms with Crippen LogP contribution in [0.25, 0.3) is 0 Å². The summed E-state index contributed by atoms with van der Waals surface area (Å²) in [5.74, 6) is 0.710. The number of ether oxygens (including phenoxy) is 2. The van der Waals surface area contributed by atoms with Crippen molar-refractivity contribution >= 4 is 17.5 Å². The van der Waals surface area contributed by atoms with Crippen LogP contribution in [0.4, 0.5) is 5.69 Å². The Morgan fingerprint density at radius 2 is 2.04 bits per heavy atom. The van der Waals surface area contributed by atoms with E-state index in [0.717, 1.165) is 22.6 Å². The first-order valence-electron chi connectivity index (χ1n) is 9.43. The van der Waals surface area contributed by atoms with Crippen LogP contribution < -0.4 is 15.0 Å². The topological polar surface area (TPSA) is 67.9 Å². The third-order valence-electron chi connectivity index (χ3n) is 4.77.